The molecule has 0 bridgehead atoms. The summed E-state index contributed by atoms with van der Waals surface area (Å²) in [6.45, 7) is 3.71. The van der Waals surface area contributed by atoms with E-state index >= 15 is 0 Å². The first-order valence-electron chi connectivity index (χ1n) is 10.7. The Balaban J connectivity index is 2.03. The van der Waals surface area contributed by atoms with Gasteiger partial charge in [-0.3, -0.25) is 14.5 Å². The van der Waals surface area contributed by atoms with Crippen LogP contribution in [0.5, 0.6) is 17.2 Å². The first-order valence-corrected chi connectivity index (χ1v) is 10.7. The molecule has 7 heteroatoms. The van der Waals surface area contributed by atoms with Crippen LogP contribution in [0.3, 0.4) is 0 Å². The summed E-state index contributed by atoms with van der Waals surface area (Å²) in [5, 5.41) is 21.3. The summed E-state index contributed by atoms with van der Waals surface area (Å²) in [6, 6.07) is 15.7. The first kappa shape index (κ1) is 22.9. The zero-order chi connectivity index (χ0) is 24.6. The highest BCUT2D eigenvalue weighted by Gasteiger charge is 2.48. The highest BCUT2D eigenvalue weighted by atomic mass is 16.5. The number of rotatable bonds is 5. The number of ketones is 1. The Labute approximate surface area is 197 Å². The molecule has 1 aliphatic heterocycles. The molecule has 1 aliphatic rings. The van der Waals surface area contributed by atoms with Crippen LogP contribution in [-0.4, -0.2) is 36.1 Å². The van der Waals surface area contributed by atoms with Crippen molar-refractivity contribution in [3.8, 4) is 17.2 Å². The van der Waals surface area contributed by atoms with Crippen LogP contribution < -0.4 is 14.4 Å². The molecule has 0 aromatic heterocycles. The lowest BCUT2D eigenvalue weighted by atomic mass is 9.93. The smallest absolute Gasteiger partial charge is 0.300 e. The van der Waals surface area contributed by atoms with Gasteiger partial charge in [-0.15, -0.1) is 0 Å². The van der Waals surface area contributed by atoms with Crippen molar-refractivity contribution in [2.45, 2.75) is 19.9 Å². The van der Waals surface area contributed by atoms with Crippen molar-refractivity contribution in [1.82, 2.24) is 0 Å². The molecule has 0 spiro atoms. The number of carbonyl (C=O) groups is 2. The summed E-state index contributed by atoms with van der Waals surface area (Å²) >= 11 is 0. The van der Waals surface area contributed by atoms with Crippen LogP contribution in [0, 0.1) is 13.8 Å². The van der Waals surface area contributed by atoms with E-state index < -0.39 is 17.7 Å². The van der Waals surface area contributed by atoms with E-state index in [1.54, 1.807) is 42.5 Å². The Morgan fingerprint density at radius 2 is 1.62 bits per heavy atom. The number of para-hydroxylation sites is 2. The fourth-order valence-corrected chi connectivity index (χ4v) is 4.43. The quantitative estimate of drug-likeness (QED) is 0.328. The van der Waals surface area contributed by atoms with Gasteiger partial charge in [-0.05, 0) is 60.9 Å². The average molecular weight is 459 g/mol. The van der Waals surface area contributed by atoms with Gasteiger partial charge in [0.05, 0.1) is 37.1 Å². The van der Waals surface area contributed by atoms with Gasteiger partial charge in [0.25, 0.3) is 11.7 Å². The molecule has 1 saturated heterocycles. The van der Waals surface area contributed by atoms with Gasteiger partial charge in [0, 0.05) is 0 Å². The third kappa shape index (κ3) is 3.75. The largest absolute Gasteiger partial charge is 0.508 e. The molecule has 1 fully saturated rings. The number of aryl methyl sites for hydroxylation is 2. The van der Waals surface area contributed by atoms with Gasteiger partial charge in [-0.2, -0.15) is 0 Å². The topological polar surface area (TPSA) is 96.3 Å². The van der Waals surface area contributed by atoms with E-state index in [4.69, 9.17) is 9.47 Å². The predicted octanol–water partition coefficient (Wildman–Crippen LogP) is 4.65. The standard InChI is InChI=1S/C27H25NO6/c1-15-13-16(2)26(34-4)19(14-15)24(30)22-23(17-9-11-18(29)12-10-17)28(27(32)25(22)31)20-7-5-6-8-21(20)33-3/h5-14,23,29-30H,1-4H3/b24-22+. The van der Waals surface area contributed by atoms with Crippen molar-refractivity contribution >= 4 is 23.1 Å². The molecule has 0 aliphatic carbocycles. The molecule has 1 atom stereocenters. The van der Waals surface area contributed by atoms with E-state index in [1.165, 1.54) is 31.3 Å². The SMILES string of the molecule is COc1ccccc1N1C(=O)C(=O)/C(=C(/O)c2cc(C)cc(C)c2OC)C1c1ccc(O)cc1. The van der Waals surface area contributed by atoms with Crippen LogP contribution in [0.25, 0.3) is 5.76 Å². The fourth-order valence-electron chi connectivity index (χ4n) is 4.43. The molecule has 1 heterocycles. The maximum absolute atomic E-state index is 13.4. The van der Waals surface area contributed by atoms with Crippen molar-refractivity contribution in [3.05, 3.63) is 88.5 Å². The molecule has 3 aromatic rings. The number of benzene rings is 3. The lowest BCUT2D eigenvalue weighted by Crippen LogP contribution is -2.29. The number of anilines is 1. The third-order valence-corrected chi connectivity index (χ3v) is 5.88. The Hall–Kier alpha value is -4.26. The van der Waals surface area contributed by atoms with Gasteiger partial charge in [-0.25, -0.2) is 0 Å². The Kier molecular flexibility index (Phi) is 6.03. The molecule has 174 valence electrons. The Bertz CT molecular complexity index is 1310. The van der Waals surface area contributed by atoms with Gasteiger partial charge < -0.3 is 19.7 Å². The number of methoxy groups -OCH3 is 2. The van der Waals surface area contributed by atoms with E-state index in [1.807, 2.05) is 19.9 Å². The Morgan fingerprint density at radius 1 is 0.941 bits per heavy atom. The zero-order valence-corrected chi connectivity index (χ0v) is 19.3. The number of hydrogen-bond acceptors (Lipinski definition) is 6. The summed E-state index contributed by atoms with van der Waals surface area (Å²) in [4.78, 5) is 28.1. The molecule has 1 amide bonds. The second-order valence-corrected chi connectivity index (χ2v) is 8.10. The monoisotopic (exact) mass is 459 g/mol. The van der Waals surface area contributed by atoms with Crippen molar-refractivity contribution in [3.63, 3.8) is 0 Å². The molecule has 1 unspecified atom stereocenters. The van der Waals surface area contributed by atoms with Gasteiger partial charge in [-0.1, -0.05) is 30.3 Å². The van der Waals surface area contributed by atoms with Gasteiger partial charge in [0.15, 0.2) is 0 Å². The molecular formula is C27H25NO6. The molecule has 2 N–H and O–H groups in total. The van der Waals surface area contributed by atoms with Gasteiger partial charge in [0.2, 0.25) is 0 Å². The molecule has 7 nitrogen and oxygen atoms in total. The van der Waals surface area contributed by atoms with E-state index in [2.05, 4.69) is 0 Å². The summed E-state index contributed by atoms with van der Waals surface area (Å²) in [5.74, 6) is -1.12. The van der Waals surface area contributed by atoms with Crippen molar-refractivity contribution in [2.75, 3.05) is 19.1 Å². The lowest BCUT2D eigenvalue weighted by molar-refractivity contribution is -0.132. The number of phenols is 1. The second-order valence-electron chi connectivity index (χ2n) is 8.10. The minimum absolute atomic E-state index is 0.0361. The zero-order valence-electron chi connectivity index (χ0n) is 19.3. The van der Waals surface area contributed by atoms with E-state index in [0.717, 1.165) is 11.1 Å². The van der Waals surface area contributed by atoms with Crippen molar-refractivity contribution in [1.29, 1.82) is 0 Å². The lowest BCUT2D eigenvalue weighted by Gasteiger charge is -2.27. The summed E-state index contributed by atoms with van der Waals surface area (Å²) in [6.07, 6.45) is 0. The predicted molar refractivity (Wildman–Crippen MR) is 128 cm³/mol. The number of aromatic hydroxyl groups is 1. The summed E-state index contributed by atoms with van der Waals surface area (Å²) in [7, 11) is 2.96. The number of aliphatic hydroxyl groups is 1. The molecular weight excluding hydrogens is 434 g/mol. The van der Waals surface area contributed by atoms with Crippen LogP contribution in [-0.2, 0) is 9.59 Å². The molecule has 0 saturated carbocycles. The van der Waals surface area contributed by atoms with Gasteiger partial charge >= 0.3 is 0 Å². The Morgan fingerprint density at radius 3 is 2.26 bits per heavy atom. The maximum atomic E-state index is 13.4. The number of Topliss-reactive ketones (excluding diaryl/α,β-unsaturated/α-hetero) is 1. The van der Waals surface area contributed by atoms with E-state index in [9.17, 15) is 19.8 Å². The number of ether oxygens (including phenoxy) is 2. The van der Waals surface area contributed by atoms with E-state index in [-0.39, 0.29) is 17.1 Å². The van der Waals surface area contributed by atoms with E-state index in [0.29, 0.717) is 28.3 Å². The molecule has 3 aromatic carbocycles. The minimum atomic E-state index is -0.956. The van der Waals surface area contributed by atoms with Crippen molar-refractivity contribution < 1.29 is 29.3 Å². The van der Waals surface area contributed by atoms with Crippen LogP contribution >= 0.6 is 0 Å². The van der Waals surface area contributed by atoms with Crippen LogP contribution in [0.4, 0.5) is 5.69 Å². The third-order valence-electron chi connectivity index (χ3n) is 5.88. The summed E-state index contributed by atoms with van der Waals surface area (Å²) in [5.41, 5.74) is 2.81. The minimum Gasteiger partial charge on any atom is -0.508 e. The second kappa shape index (κ2) is 8.94. The molecule has 0 radical (unpaired) electrons. The van der Waals surface area contributed by atoms with Gasteiger partial charge in [0.1, 0.15) is 23.0 Å². The highest BCUT2D eigenvalue weighted by molar-refractivity contribution is 6.52. The van der Waals surface area contributed by atoms with Crippen LogP contribution in [0.15, 0.2) is 66.2 Å². The normalized spacial score (nSPS) is 17.2. The van der Waals surface area contributed by atoms with Crippen LogP contribution in [0.1, 0.15) is 28.3 Å². The first-order chi connectivity index (χ1) is 16.3. The number of aliphatic hydroxyl groups excluding tert-OH is 1. The highest BCUT2D eigenvalue weighted by Crippen LogP contribution is 2.46. The number of carbonyl (C=O) groups excluding carboxylic acids is 2. The molecule has 4 rings (SSSR count). The maximum Gasteiger partial charge on any atom is 0.300 e. The number of phenolic OH excluding ortho intramolecular Hbond substituents is 1. The fraction of sp³-hybridized carbons (Fsp3) is 0.185. The molecule has 34 heavy (non-hydrogen) atoms. The number of nitrogens with zero attached hydrogens (tertiary/aromatic N) is 1. The van der Waals surface area contributed by atoms with Crippen molar-refractivity contribution in [2.24, 2.45) is 0 Å². The van der Waals surface area contributed by atoms with Crippen LogP contribution in [0.2, 0.25) is 0 Å². The average Bonchev–Trinajstić information content (AvgIpc) is 3.09. The summed E-state index contributed by atoms with van der Waals surface area (Å²) < 4.78 is 11.0. The number of hydrogen-bond donors (Lipinski definition) is 2. The number of amides is 1.